The molecule has 0 aliphatic carbocycles. The van der Waals surface area contributed by atoms with Crippen molar-refractivity contribution in [3.63, 3.8) is 0 Å². The lowest BCUT2D eigenvalue weighted by atomic mass is 10.1. The Bertz CT molecular complexity index is 457. The van der Waals surface area contributed by atoms with Crippen molar-refractivity contribution in [2.24, 2.45) is 0 Å². The highest BCUT2D eigenvalue weighted by Crippen LogP contribution is 2.19. The zero-order valence-corrected chi connectivity index (χ0v) is 11.8. The lowest BCUT2D eigenvalue weighted by Gasteiger charge is -2.17. The predicted molar refractivity (Wildman–Crippen MR) is 74.8 cm³/mol. The van der Waals surface area contributed by atoms with Crippen molar-refractivity contribution in [3.05, 3.63) is 23.0 Å². The summed E-state index contributed by atoms with van der Waals surface area (Å²) in [7, 11) is 0. The Kier molecular flexibility index (Phi) is 5.30. The van der Waals surface area contributed by atoms with Gasteiger partial charge in [-0.25, -0.2) is 0 Å². The maximum Gasteiger partial charge on any atom is 0.268 e. The molecule has 1 aromatic rings. The SMILES string of the molecule is C#CCC(CC)NC(=O)c1cc(Cl)cn1C(C)C. The third kappa shape index (κ3) is 3.54. The normalized spacial score (nSPS) is 12.2. The fourth-order valence-electron chi connectivity index (χ4n) is 1.75. The molecular formula is C14H19ClN2O. The van der Waals surface area contributed by atoms with Gasteiger partial charge in [-0.15, -0.1) is 12.3 Å². The fraction of sp³-hybridized carbons (Fsp3) is 0.500. The summed E-state index contributed by atoms with van der Waals surface area (Å²) in [4.78, 5) is 12.2. The number of terminal acetylenes is 1. The van der Waals surface area contributed by atoms with Crippen molar-refractivity contribution in [2.75, 3.05) is 0 Å². The minimum absolute atomic E-state index is 0.0109. The van der Waals surface area contributed by atoms with Crippen molar-refractivity contribution in [2.45, 2.75) is 45.7 Å². The number of aromatic nitrogens is 1. The molecule has 98 valence electrons. The van der Waals surface area contributed by atoms with Gasteiger partial charge in [0.05, 0.1) is 5.02 Å². The van der Waals surface area contributed by atoms with Crippen LogP contribution in [-0.2, 0) is 0 Å². The zero-order chi connectivity index (χ0) is 13.7. The summed E-state index contributed by atoms with van der Waals surface area (Å²) in [5.41, 5.74) is 0.575. The Labute approximate surface area is 114 Å². The van der Waals surface area contributed by atoms with Crippen LogP contribution in [0.25, 0.3) is 0 Å². The number of halogens is 1. The summed E-state index contributed by atoms with van der Waals surface area (Å²) < 4.78 is 1.86. The smallest absolute Gasteiger partial charge is 0.268 e. The first-order valence-corrected chi connectivity index (χ1v) is 6.49. The predicted octanol–water partition coefficient (Wildman–Crippen LogP) is 3.25. The quantitative estimate of drug-likeness (QED) is 0.816. The molecule has 1 heterocycles. The van der Waals surface area contributed by atoms with Crippen LogP contribution in [-0.4, -0.2) is 16.5 Å². The highest BCUT2D eigenvalue weighted by Gasteiger charge is 2.17. The maximum atomic E-state index is 12.2. The number of carbonyl (C=O) groups is 1. The third-order valence-corrected chi connectivity index (χ3v) is 3.00. The van der Waals surface area contributed by atoms with Gasteiger partial charge in [-0.05, 0) is 26.3 Å². The summed E-state index contributed by atoms with van der Waals surface area (Å²) in [6.07, 6.45) is 8.39. The zero-order valence-electron chi connectivity index (χ0n) is 11.0. The molecule has 1 N–H and O–H groups in total. The second kappa shape index (κ2) is 6.51. The average molecular weight is 267 g/mol. The molecule has 1 aromatic heterocycles. The second-order valence-electron chi connectivity index (χ2n) is 4.53. The number of amides is 1. The van der Waals surface area contributed by atoms with Gasteiger partial charge in [0.1, 0.15) is 5.69 Å². The molecule has 0 bridgehead atoms. The van der Waals surface area contributed by atoms with Gasteiger partial charge in [-0.3, -0.25) is 4.79 Å². The number of rotatable bonds is 5. The van der Waals surface area contributed by atoms with Crippen LogP contribution in [0.5, 0.6) is 0 Å². The molecule has 0 spiro atoms. The Morgan fingerprint density at radius 3 is 2.78 bits per heavy atom. The number of hydrogen-bond acceptors (Lipinski definition) is 1. The van der Waals surface area contributed by atoms with E-state index in [1.807, 2.05) is 25.3 Å². The van der Waals surface area contributed by atoms with Crippen molar-refractivity contribution in [1.29, 1.82) is 0 Å². The van der Waals surface area contributed by atoms with Crippen molar-refractivity contribution < 1.29 is 4.79 Å². The molecule has 0 fully saturated rings. The van der Waals surface area contributed by atoms with Gasteiger partial charge >= 0.3 is 0 Å². The lowest BCUT2D eigenvalue weighted by Crippen LogP contribution is -2.35. The first kappa shape index (κ1) is 14.7. The topological polar surface area (TPSA) is 34.0 Å². The van der Waals surface area contributed by atoms with Gasteiger partial charge in [-0.2, -0.15) is 0 Å². The molecule has 1 atom stereocenters. The van der Waals surface area contributed by atoms with Gasteiger partial charge in [0.25, 0.3) is 5.91 Å². The lowest BCUT2D eigenvalue weighted by molar-refractivity contribution is 0.0926. The highest BCUT2D eigenvalue weighted by molar-refractivity contribution is 6.31. The molecule has 3 nitrogen and oxygen atoms in total. The van der Waals surface area contributed by atoms with Crippen LogP contribution in [0, 0.1) is 12.3 Å². The second-order valence-corrected chi connectivity index (χ2v) is 4.97. The van der Waals surface area contributed by atoms with Gasteiger partial charge in [0, 0.05) is 24.7 Å². The fourth-order valence-corrected chi connectivity index (χ4v) is 1.96. The molecule has 1 amide bonds. The Hall–Kier alpha value is -1.40. The summed E-state index contributed by atoms with van der Waals surface area (Å²) in [5, 5.41) is 3.50. The van der Waals surface area contributed by atoms with Gasteiger partial charge < -0.3 is 9.88 Å². The molecule has 1 unspecified atom stereocenters. The minimum Gasteiger partial charge on any atom is -0.347 e. The van der Waals surface area contributed by atoms with E-state index in [1.165, 1.54) is 0 Å². The first-order valence-electron chi connectivity index (χ1n) is 6.11. The maximum absolute atomic E-state index is 12.2. The molecule has 0 saturated carbocycles. The average Bonchev–Trinajstić information content (AvgIpc) is 2.71. The molecular weight excluding hydrogens is 248 g/mol. The molecule has 0 radical (unpaired) electrons. The Morgan fingerprint density at radius 2 is 2.28 bits per heavy atom. The van der Waals surface area contributed by atoms with Gasteiger partial charge in [0.15, 0.2) is 0 Å². The summed E-state index contributed by atoms with van der Waals surface area (Å²) >= 11 is 5.95. The molecule has 0 aromatic carbocycles. The van der Waals surface area contributed by atoms with Crippen molar-refractivity contribution in [3.8, 4) is 12.3 Å². The number of nitrogens with one attached hydrogen (secondary N) is 1. The van der Waals surface area contributed by atoms with E-state index in [-0.39, 0.29) is 18.0 Å². The van der Waals surface area contributed by atoms with E-state index in [0.717, 1.165) is 6.42 Å². The molecule has 0 aliphatic heterocycles. The van der Waals surface area contributed by atoms with E-state index in [2.05, 4.69) is 11.2 Å². The van der Waals surface area contributed by atoms with Crippen molar-refractivity contribution in [1.82, 2.24) is 9.88 Å². The van der Waals surface area contributed by atoms with Crippen LogP contribution >= 0.6 is 11.6 Å². The van der Waals surface area contributed by atoms with Crippen LogP contribution in [0.1, 0.15) is 50.1 Å². The largest absolute Gasteiger partial charge is 0.347 e. The van der Waals surface area contributed by atoms with Crippen LogP contribution < -0.4 is 5.32 Å². The van der Waals surface area contributed by atoms with Crippen LogP contribution in [0.3, 0.4) is 0 Å². The van der Waals surface area contributed by atoms with Gasteiger partial charge in [-0.1, -0.05) is 18.5 Å². The van der Waals surface area contributed by atoms with E-state index >= 15 is 0 Å². The number of hydrogen-bond donors (Lipinski definition) is 1. The standard InChI is InChI=1S/C14H19ClN2O/c1-5-7-12(6-2)16-14(18)13-8-11(15)9-17(13)10(3)4/h1,8-10,12H,6-7H2,2-4H3,(H,16,18). The first-order chi connectivity index (χ1) is 8.49. The van der Waals surface area contributed by atoms with Gasteiger partial charge in [0.2, 0.25) is 0 Å². The van der Waals surface area contributed by atoms with Crippen molar-refractivity contribution >= 4 is 17.5 Å². The Balaban J connectivity index is 2.87. The molecule has 4 heteroatoms. The summed E-state index contributed by atoms with van der Waals surface area (Å²) in [6.45, 7) is 6.01. The minimum atomic E-state index is -0.127. The summed E-state index contributed by atoms with van der Waals surface area (Å²) in [6, 6.07) is 1.88. The van der Waals surface area contributed by atoms with Crippen LogP contribution in [0.4, 0.5) is 0 Å². The van der Waals surface area contributed by atoms with E-state index in [0.29, 0.717) is 17.1 Å². The molecule has 18 heavy (non-hydrogen) atoms. The monoisotopic (exact) mass is 266 g/mol. The number of nitrogens with zero attached hydrogens (tertiary/aromatic N) is 1. The van der Waals surface area contributed by atoms with Crippen LogP contribution in [0.2, 0.25) is 5.02 Å². The Morgan fingerprint density at radius 1 is 1.61 bits per heavy atom. The highest BCUT2D eigenvalue weighted by atomic mass is 35.5. The summed E-state index contributed by atoms with van der Waals surface area (Å²) in [5.74, 6) is 2.44. The molecule has 1 rings (SSSR count). The number of carbonyl (C=O) groups excluding carboxylic acids is 1. The third-order valence-electron chi connectivity index (χ3n) is 2.80. The van der Waals surface area contributed by atoms with E-state index in [4.69, 9.17) is 18.0 Å². The van der Waals surface area contributed by atoms with E-state index in [9.17, 15) is 4.79 Å². The van der Waals surface area contributed by atoms with E-state index < -0.39 is 0 Å². The van der Waals surface area contributed by atoms with E-state index in [1.54, 1.807) is 12.3 Å². The van der Waals surface area contributed by atoms with Crippen LogP contribution in [0.15, 0.2) is 12.3 Å². The molecule has 0 saturated heterocycles. The molecule has 0 aliphatic rings.